The lowest BCUT2D eigenvalue weighted by atomic mass is 10.1. The summed E-state index contributed by atoms with van der Waals surface area (Å²) >= 11 is 9.45. The molecule has 11 nitrogen and oxygen atoms in total. The van der Waals surface area contributed by atoms with E-state index in [-0.39, 0.29) is 40.8 Å². The maximum atomic E-state index is 13.7. The number of halogens is 2. The van der Waals surface area contributed by atoms with Crippen molar-refractivity contribution in [2.75, 3.05) is 0 Å². The molecular formula is C31H18BrClN4O7. The SMILES string of the molecule is O=C(O)c1ccc(COc2c(C=Nn3c(-c4cc5cc(Cl)ccc5o4)nc4ccccc4c3=O)cc(Br)cc2[N+](=O)[O-])cc1. The summed E-state index contributed by atoms with van der Waals surface area (Å²) in [5.41, 5.74) is 0.972. The molecule has 0 saturated heterocycles. The van der Waals surface area contributed by atoms with E-state index in [1.807, 2.05) is 0 Å². The number of hydrogen-bond donors (Lipinski definition) is 1. The summed E-state index contributed by atoms with van der Waals surface area (Å²) in [6.07, 6.45) is 1.27. The number of rotatable bonds is 8. The highest BCUT2D eigenvalue weighted by Gasteiger charge is 2.22. The Bertz CT molecular complexity index is 2190. The maximum absolute atomic E-state index is 13.7. The highest BCUT2D eigenvalue weighted by molar-refractivity contribution is 9.10. The Morgan fingerprint density at radius 1 is 1.11 bits per heavy atom. The van der Waals surface area contributed by atoms with Crippen LogP contribution in [0.5, 0.6) is 5.75 Å². The third-order valence-electron chi connectivity index (χ3n) is 6.61. The van der Waals surface area contributed by atoms with Gasteiger partial charge in [0.05, 0.1) is 27.6 Å². The van der Waals surface area contributed by atoms with Crippen molar-refractivity contribution in [3.05, 3.63) is 132 Å². The van der Waals surface area contributed by atoms with Crippen LogP contribution in [0, 0.1) is 10.1 Å². The van der Waals surface area contributed by atoms with Gasteiger partial charge in [-0.2, -0.15) is 9.78 Å². The van der Waals surface area contributed by atoms with Crippen molar-refractivity contribution >= 4 is 67.3 Å². The van der Waals surface area contributed by atoms with E-state index >= 15 is 0 Å². The van der Waals surface area contributed by atoms with Crippen molar-refractivity contribution in [1.82, 2.24) is 9.66 Å². The van der Waals surface area contributed by atoms with Crippen LogP contribution >= 0.6 is 27.5 Å². The molecule has 4 aromatic carbocycles. The Balaban J connectivity index is 1.46. The van der Waals surface area contributed by atoms with E-state index in [1.54, 1.807) is 66.7 Å². The normalized spacial score (nSPS) is 11.4. The van der Waals surface area contributed by atoms with E-state index in [0.717, 1.165) is 4.68 Å². The Labute approximate surface area is 260 Å². The minimum atomic E-state index is -1.08. The van der Waals surface area contributed by atoms with Gasteiger partial charge in [-0.1, -0.05) is 51.8 Å². The fourth-order valence-electron chi connectivity index (χ4n) is 4.52. The molecule has 6 rings (SSSR count). The van der Waals surface area contributed by atoms with Crippen LogP contribution in [0.1, 0.15) is 21.5 Å². The quantitative estimate of drug-likeness (QED) is 0.101. The second-order valence-electron chi connectivity index (χ2n) is 9.50. The van der Waals surface area contributed by atoms with E-state index < -0.39 is 16.5 Å². The van der Waals surface area contributed by atoms with Crippen LogP contribution in [0.25, 0.3) is 33.5 Å². The molecule has 44 heavy (non-hydrogen) atoms. The molecule has 2 heterocycles. The minimum Gasteiger partial charge on any atom is -0.481 e. The number of nitrogens with zero attached hydrogens (tertiary/aromatic N) is 4. The number of aromatic nitrogens is 2. The molecule has 6 aromatic rings. The van der Waals surface area contributed by atoms with Gasteiger partial charge >= 0.3 is 11.7 Å². The summed E-state index contributed by atoms with van der Waals surface area (Å²) < 4.78 is 13.3. The first-order valence-corrected chi connectivity index (χ1v) is 14.0. The summed E-state index contributed by atoms with van der Waals surface area (Å²) in [7, 11) is 0. The van der Waals surface area contributed by atoms with Gasteiger partial charge < -0.3 is 14.3 Å². The number of aromatic carboxylic acids is 1. The molecule has 0 aliphatic carbocycles. The Morgan fingerprint density at radius 3 is 2.64 bits per heavy atom. The largest absolute Gasteiger partial charge is 0.481 e. The molecule has 0 spiro atoms. The summed E-state index contributed by atoms with van der Waals surface area (Å²) in [5, 5.41) is 27.1. The number of carboxylic acids is 1. The number of nitro benzene ring substituents is 1. The first-order chi connectivity index (χ1) is 21.2. The van der Waals surface area contributed by atoms with Gasteiger partial charge in [0.1, 0.15) is 12.2 Å². The molecule has 0 radical (unpaired) electrons. The predicted octanol–water partition coefficient (Wildman–Crippen LogP) is 7.29. The monoisotopic (exact) mass is 672 g/mol. The Kier molecular flexibility index (Phi) is 7.68. The van der Waals surface area contributed by atoms with E-state index in [1.165, 1.54) is 24.4 Å². The number of fused-ring (bicyclic) bond motifs is 2. The highest BCUT2D eigenvalue weighted by Crippen LogP contribution is 2.35. The zero-order valence-corrected chi connectivity index (χ0v) is 24.7. The highest BCUT2D eigenvalue weighted by atomic mass is 79.9. The predicted molar refractivity (Wildman–Crippen MR) is 168 cm³/mol. The van der Waals surface area contributed by atoms with E-state index in [0.29, 0.717) is 36.9 Å². The van der Waals surface area contributed by atoms with Crippen molar-refractivity contribution in [1.29, 1.82) is 0 Å². The van der Waals surface area contributed by atoms with Gasteiger partial charge in [0.2, 0.25) is 11.6 Å². The lowest BCUT2D eigenvalue weighted by molar-refractivity contribution is -0.386. The van der Waals surface area contributed by atoms with Gasteiger partial charge in [0, 0.05) is 26.5 Å². The number of ether oxygens (including phenoxy) is 1. The number of benzene rings is 4. The Morgan fingerprint density at radius 2 is 1.89 bits per heavy atom. The molecule has 0 saturated carbocycles. The second kappa shape index (κ2) is 11.7. The van der Waals surface area contributed by atoms with E-state index in [9.17, 15) is 19.7 Å². The van der Waals surface area contributed by atoms with Crippen LogP contribution in [-0.4, -0.2) is 31.9 Å². The molecule has 0 unspecified atom stereocenters. The van der Waals surface area contributed by atoms with Crippen LogP contribution in [0.15, 0.2) is 104 Å². The molecule has 1 N–H and O–H groups in total. The molecule has 0 aliphatic rings. The van der Waals surface area contributed by atoms with Crippen molar-refractivity contribution in [3.63, 3.8) is 0 Å². The molecule has 0 atom stereocenters. The molecule has 0 aliphatic heterocycles. The van der Waals surface area contributed by atoms with Crippen molar-refractivity contribution in [2.45, 2.75) is 6.61 Å². The number of nitro groups is 1. The van der Waals surface area contributed by atoms with Gasteiger partial charge in [-0.25, -0.2) is 9.78 Å². The lowest BCUT2D eigenvalue weighted by Gasteiger charge is -2.11. The summed E-state index contributed by atoms with van der Waals surface area (Å²) in [6, 6.07) is 22.3. The average molecular weight is 674 g/mol. The van der Waals surface area contributed by atoms with Gasteiger partial charge in [-0.3, -0.25) is 14.9 Å². The minimum absolute atomic E-state index is 0.0917. The van der Waals surface area contributed by atoms with E-state index in [2.05, 4.69) is 26.0 Å². The summed E-state index contributed by atoms with van der Waals surface area (Å²) in [5.74, 6) is -0.832. The molecule has 13 heteroatoms. The first-order valence-electron chi connectivity index (χ1n) is 12.9. The third-order valence-corrected chi connectivity index (χ3v) is 7.30. The summed E-state index contributed by atoms with van der Waals surface area (Å²) in [6.45, 7) is -0.104. The first kappa shape index (κ1) is 28.8. The van der Waals surface area contributed by atoms with E-state index in [4.69, 9.17) is 25.9 Å². The smallest absolute Gasteiger partial charge is 0.335 e. The maximum Gasteiger partial charge on any atom is 0.335 e. The third kappa shape index (κ3) is 5.68. The van der Waals surface area contributed by atoms with Crippen LogP contribution in [0.3, 0.4) is 0 Å². The number of hydrogen-bond acceptors (Lipinski definition) is 8. The number of carboxylic acid groups (broad SMARTS) is 1. The number of para-hydroxylation sites is 1. The molecule has 0 bridgehead atoms. The van der Waals surface area contributed by atoms with Gasteiger partial charge in [0.15, 0.2) is 5.76 Å². The fraction of sp³-hybridized carbons (Fsp3) is 0.0323. The van der Waals surface area contributed by atoms with Crippen LogP contribution in [0.2, 0.25) is 5.02 Å². The molecule has 218 valence electrons. The zero-order chi connectivity index (χ0) is 31.0. The second-order valence-corrected chi connectivity index (χ2v) is 10.9. The summed E-state index contributed by atoms with van der Waals surface area (Å²) in [4.78, 5) is 40.9. The van der Waals surface area contributed by atoms with Crippen molar-refractivity contribution in [2.24, 2.45) is 5.10 Å². The molecule has 2 aromatic heterocycles. The van der Waals surface area contributed by atoms with Gasteiger partial charge in [-0.15, -0.1) is 0 Å². The topological polar surface area (TPSA) is 150 Å². The van der Waals surface area contributed by atoms with Gasteiger partial charge in [0.25, 0.3) is 5.56 Å². The fourth-order valence-corrected chi connectivity index (χ4v) is 5.17. The lowest BCUT2D eigenvalue weighted by Crippen LogP contribution is -2.20. The molecular weight excluding hydrogens is 656 g/mol. The molecule has 0 fully saturated rings. The Hall–Kier alpha value is -5.33. The number of furan rings is 1. The van der Waals surface area contributed by atoms with Gasteiger partial charge in [-0.05, 0) is 60.2 Å². The average Bonchev–Trinajstić information content (AvgIpc) is 3.43. The van der Waals surface area contributed by atoms with Crippen LogP contribution < -0.4 is 10.3 Å². The molecule has 0 amide bonds. The standard InChI is InChI=1S/C31H18BrClN4O7/c32-21-11-20(28(25(14-21)37(41)42)43-16-17-5-7-18(8-6-17)31(39)40)15-34-36-29(35-24-4-2-1-3-23(24)30(36)38)27-13-19-12-22(33)9-10-26(19)44-27/h1-15H,16H2,(H,39,40). The van der Waals surface area contributed by atoms with Crippen molar-refractivity contribution in [3.8, 4) is 17.3 Å². The van der Waals surface area contributed by atoms with Crippen molar-refractivity contribution < 1.29 is 24.0 Å². The number of carbonyl (C=O) groups is 1. The zero-order valence-electron chi connectivity index (χ0n) is 22.3. The van der Waals surface area contributed by atoms with Crippen LogP contribution in [0.4, 0.5) is 5.69 Å². The van der Waals surface area contributed by atoms with Crippen LogP contribution in [-0.2, 0) is 6.61 Å².